The van der Waals surface area contributed by atoms with Crippen LogP contribution in [0.15, 0.2) is 59.5 Å². The molecule has 0 aromatic heterocycles. The predicted octanol–water partition coefficient (Wildman–Crippen LogP) is 6.37. The summed E-state index contributed by atoms with van der Waals surface area (Å²) >= 11 is 18.6. The van der Waals surface area contributed by atoms with E-state index in [0.717, 1.165) is 35.9 Å². The monoisotopic (exact) mass is 708 g/mol. The van der Waals surface area contributed by atoms with Crippen LogP contribution in [0.1, 0.15) is 13.8 Å². The number of urea groups is 1. The molecule has 2 amide bonds. The summed E-state index contributed by atoms with van der Waals surface area (Å²) in [5, 5.41) is 4.12. The molecule has 2 saturated heterocycles. The van der Waals surface area contributed by atoms with Gasteiger partial charge in [0.1, 0.15) is 5.75 Å². The molecule has 2 aliphatic heterocycles. The minimum atomic E-state index is -3.74. The van der Waals surface area contributed by atoms with Gasteiger partial charge in [0.25, 0.3) is 0 Å². The van der Waals surface area contributed by atoms with Crippen LogP contribution in [0.25, 0.3) is 0 Å². The molecule has 46 heavy (non-hydrogen) atoms. The average molecular weight is 710 g/mol. The van der Waals surface area contributed by atoms with E-state index in [4.69, 9.17) is 39.5 Å². The van der Waals surface area contributed by atoms with Crippen molar-refractivity contribution in [3.63, 3.8) is 0 Å². The fraction of sp³-hybridized carbons (Fsp3) is 0.406. The van der Waals surface area contributed by atoms with Crippen LogP contribution in [0.3, 0.4) is 0 Å². The van der Waals surface area contributed by atoms with Crippen LogP contribution in [0.5, 0.6) is 5.75 Å². The van der Waals surface area contributed by atoms with E-state index in [2.05, 4.69) is 20.0 Å². The SMILES string of the molecule is CCN(CC)S(=O)(=O)c1ccc(N2CCN(c3ccccc3OC)CC2)c(NC(=O)N2CCN(c3cc(Cl)c(Cl)c(Cl)c3)CC2)c1. The first-order valence-electron chi connectivity index (χ1n) is 15.3. The fourth-order valence-electron chi connectivity index (χ4n) is 5.93. The maximum atomic E-state index is 13.6. The predicted molar refractivity (Wildman–Crippen MR) is 188 cm³/mol. The van der Waals surface area contributed by atoms with E-state index in [1.807, 2.05) is 38.1 Å². The number of ether oxygens (including phenoxy) is 1. The Morgan fingerprint density at radius 1 is 0.804 bits per heavy atom. The number of nitrogens with zero attached hydrogens (tertiary/aromatic N) is 5. The molecule has 2 heterocycles. The first-order chi connectivity index (χ1) is 22.1. The van der Waals surface area contributed by atoms with Gasteiger partial charge < -0.3 is 29.7 Å². The highest BCUT2D eigenvalue weighted by molar-refractivity contribution is 7.89. The summed E-state index contributed by atoms with van der Waals surface area (Å²) in [6, 6.07) is 16.2. The molecule has 0 radical (unpaired) electrons. The Labute approximate surface area is 286 Å². The van der Waals surface area contributed by atoms with E-state index in [1.54, 1.807) is 42.3 Å². The van der Waals surface area contributed by atoms with Crippen molar-refractivity contribution in [3.05, 3.63) is 69.7 Å². The number of rotatable bonds is 9. The van der Waals surface area contributed by atoms with Crippen LogP contribution >= 0.6 is 34.8 Å². The third-order valence-corrected chi connectivity index (χ3v) is 11.7. The second-order valence-electron chi connectivity index (χ2n) is 11.0. The number of hydrogen-bond donors (Lipinski definition) is 1. The Morgan fingerprint density at radius 2 is 1.37 bits per heavy atom. The van der Waals surface area contributed by atoms with E-state index >= 15 is 0 Å². The van der Waals surface area contributed by atoms with Gasteiger partial charge in [-0.15, -0.1) is 0 Å². The molecule has 14 heteroatoms. The number of para-hydroxylation sites is 2. The highest BCUT2D eigenvalue weighted by atomic mass is 35.5. The van der Waals surface area contributed by atoms with Gasteiger partial charge in [0.15, 0.2) is 0 Å². The topological polar surface area (TPSA) is 88.7 Å². The second-order valence-corrected chi connectivity index (χ2v) is 14.2. The number of piperazine rings is 2. The molecule has 3 aromatic rings. The molecule has 0 spiro atoms. The lowest BCUT2D eigenvalue weighted by molar-refractivity contribution is 0.208. The summed E-state index contributed by atoms with van der Waals surface area (Å²) in [4.78, 5) is 22.1. The maximum Gasteiger partial charge on any atom is 0.322 e. The molecular formula is C32H39Cl3N6O4S. The molecule has 248 valence electrons. The van der Waals surface area contributed by atoms with E-state index in [1.165, 1.54) is 4.31 Å². The maximum absolute atomic E-state index is 13.6. The summed E-state index contributed by atoms with van der Waals surface area (Å²) in [5.41, 5.74) is 3.10. The molecule has 2 aliphatic rings. The Bertz CT molecular complexity index is 1630. The molecule has 0 unspecified atom stereocenters. The summed E-state index contributed by atoms with van der Waals surface area (Å²) in [6.07, 6.45) is 0. The third-order valence-electron chi connectivity index (χ3n) is 8.50. The normalized spacial score (nSPS) is 15.8. The number of methoxy groups -OCH3 is 1. The van der Waals surface area contributed by atoms with E-state index in [9.17, 15) is 13.2 Å². The van der Waals surface area contributed by atoms with Crippen molar-refractivity contribution >= 4 is 73.6 Å². The van der Waals surface area contributed by atoms with Crippen LogP contribution in [0.2, 0.25) is 15.1 Å². The molecule has 2 fully saturated rings. The molecule has 10 nitrogen and oxygen atoms in total. The van der Waals surface area contributed by atoms with E-state index < -0.39 is 10.0 Å². The average Bonchev–Trinajstić information content (AvgIpc) is 3.07. The van der Waals surface area contributed by atoms with Crippen LogP contribution in [-0.4, -0.2) is 96.2 Å². The quantitative estimate of drug-likeness (QED) is 0.259. The van der Waals surface area contributed by atoms with Gasteiger partial charge in [-0.25, -0.2) is 13.2 Å². The molecule has 0 atom stereocenters. The highest BCUT2D eigenvalue weighted by Crippen LogP contribution is 2.36. The Balaban J connectivity index is 1.35. The number of carbonyl (C=O) groups is 1. The minimum Gasteiger partial charge on any atom is -0.495 e. The number of carbonyl (C=O) groups excluding carboxylic acids is 1. The van der Waals surface area contributed by atoms with Crippen molar-refractivity contribution in [2.24, 2.45) is 0 Å². The minimum absolute atomic E-state index is 0.143. The lowest BCUT2D eigenvalue weighted by Gasteiger charge is -2.39. The number of hydrogen-bond acceptors (Lipinski definition) is 7. The molecular weight excluding hydrogens is 671 g/mol. The zero-order valence-corrected chi connectivity index (χ0v) is 29.3. The van der Waals surface area contributed by atoms with Crippen LogP contribution in [-0.2, 0) is 10.0 Å². The van der Waals surface area contributed by atoms with Gasteiger partial charge in [-0.2, -0.15) is 4.31 Å². The van der Waals surface area contributed by atoms with Gasteiger partial charge >= 0.3 is 6.03 Å². The number of halogens is 3. The zero-order chi connectivity index (χ0) is 33.0. The second kappa shape index (κ2) is 14.8. The fourth-order valence-corrected chi connectivity index (χ4v) is 8.00. The van der Waals surface area contributed by atoms with Gasteiger partial charge in [-0.05, 0) is 42.5 Å². The molecule has 3 aromatic carbocycles. The summed E-state index contributed by atoms with van der Waals surface area (Å²) in [5.74, 6) is 0.817. The van der Waals surface area contributed by atoms with Crippen LogP contribution in [0.4, 0.5) is 27.5 Å². The van der Waals surface area contributed by atoms with Gasteiger partial charge in [0.2, 0.25) is 10.0 Å². The van der Waals surface area contributed by atoms with Gasteiger partial charge in [0.05, 0.1) is 44.1 Å². The van der Waals surface area contributed by atoms with Gasteiger partial charge in [-0.3, -0.25) is 0 Å². The lowest BCUT2D eigenvalue weighted by atomic mass is 10.2. The largest absolute Gasteiger partial charge is 0.495 e. The first-order valence-corrected chi connectivity index (χ1v) is 17.9. The molecule has 0 aliphatic carbocycles. The molecule has 5 rings (SSSR count). The van der Waals surface area contributed by atoms with Crippen LogP contribution < -0.4 is 24.8 Å². The van der Waals surface area contributed by atoms with E-state index in [0.29, 0.717) is 73.1 Å². The Hall–Kier alpha value is -3.09. The molecule has 0 bridgehead atoms. The Morgan fingerprint density at radius 3 is 1.96 bits per heavy atom. The highest BCUT2D eigenvalue weighted by Gasteiger charge is 2.28. The first kappa shape index (κ1) is 34.3. The van der Waals surface area contributed by atoms with Crippen molar-refractivity contribution < 1.29 is 17.9 Å². The van der Waals surface area contributed by atoms with Crippen molar-refractivity contribution in [2.45, 2.75) is 18.7 Å². The summed E-state index contributed by atoms with van der Waals surface area (Å²) < 4.78 is 33.9. The molecule has 0 saturated carbocycles. The molecule has 1 N–H and O–H groups in total. The van der Waals surface area contributed by atoms with Crippen molar-refractivity contribution in [3.8, 4) is 5.75 Å². The standard InChI is InChI=1S/C32H39Cl3N6O4S/c1-4-41(5-2)46(43,44)24-10-11-28(38-14-16-39(17-15-38)29-8-6-7-9-30(29)45-3)27(22-24)36-32(42)40-18-12-37(13-19-40)23-20-25(33)31(35)26(34)21-23/h6-11,20-22H,4-5,12-19H2,1-3H3,(H,36,42). The van der Waals surface area contributed by atoms with Crippen molar-refractivity contribution in [2.75, 3.05) is 92.6 Å². The number of benzene rings is 3. The number of nitrogens with one attached hydrogen (secondary N) is 1. The van der Waals surface area contributed by atoms with Crippen LogP contribution in [0, 0.1) is 0 Å². The number of sulfonamides is 1. The van der Waals surface area contributed by atoms with Crippen molar-refractivity contribution in [1.29, 1.82) is 0 Å². The van der Waals surface area contributed by atoms with Gasteiger partial charge in [-0.1, -0.05) is 60.8 Å². The number of anilines is 4. The van der Waals surface area contributed by atoms with E-state index in [-0.39, 0.29) is 10.9 Å². The van der Waals surface area contributed by atoms with Gasteiger partial charge in [0, 0.05) is 71.1 Å². The Kier molecular flexibility index (Phi) is 11.0. The lowest BCUT2D eigenvalue weighted by Crippen LogP contribution is -2.50. The summed E-state index contributed by atoms with van der Waals surface area (Å²) in [7, 11) is -2.08. The summed E-state index contributed by atoms with van der Waals surface area (Å²) in [6.45, 7) is 9.16. The third kappa shape index (κ3) is 7.23. The zero-order valence-electron chi connectivity index (χ0n) is 26.2. The number of amides is 2. The van der Waals surface area contributed by atoms with Crippen molar-refractivity contribution in [1.82, 2.24) is 9.21 Å². The smallest absolute Gasteiger partial charge is 0.322 e.